The fourth-order valence-electron chi connectivity index (χ4n) is 1.59. The maximum atomic E-state index is 12.0. The van der Waals surface area contributed by atoms with Gasteiger partial charge in [0.15, 0.2) is 0 Å². The van der Waals surface area contributed by atoms with Crippen molar-refractivity contribution >= 4 is 11.9 Å². The van der Waals surface area contributed by atoms with Crippen LogP contribution in [0.1, 0.15) is 42.5 Å². The number of anilines is 1. The Labute approximate surface area is 116 Å². The van der Waals surface area contributed by atoms with E-state index in [0.717, 1.165) is 5.69 Å². The quantitative estimate of drug-likeness (QED) is 0.879. The van der Waals surface area contributed by atoms with Gasteiger partial charge < -0.3 is 9.40 Å². The van der Waals surface area contributed by atoms with Crippen LogP contribution in [0.2, 0.25) is 0 Å². The molecule has 2 N–H and O–H groups in total. The molecule has 106 valence electrons. The van der Waals surface area contributed by atoms with Crippen LogP contribution in [0, 0.1) is 6.92 Å². The van der Waals surface area contributed by atoms with E-state index in [4.69, 9.17) is 4.42 Å². The van der Waals surface area contributed by atoms with Crippen molar-refractivity contribution in [2.75, 3.05) is 5.32 Å². The number of rotatable bonds is 2. The first kappa shape index (κ1) is 14.0. The lowest BCUT2D eigenvalue weighted by Gasteiger charge is -2.12. The predicted molar refractivity (Wildman–Crippen MR) is 75.0 cm³/mol. The highest BCUT2D eigenvalue weighted by atomic mass is 16.4. The molecule has 2 aromatic rings. The minimum absolute atomic E-state index is 0.0195. The first-order valence-electron chi connectivity index (χ1n) is 6.24. The number of pyridine rings is 1. The predicted octanol–water partition coefficient (Wildman–Crippen LogP) is 2.22. The minimum atomic E-state index is -0.548. The molecule has 2 rings (SSSR count). The second-order valence-electron chi connectivity index (χ2n) is 5.63. The van der Waals surface area contributed by atoms with E-state index in [-0.39, 0.29) is 17.0 Å². The summed E-state index contributed by atoms with van der Waals surface area (Å²) in [6, 6.07) is 3.21. The Morgan fingerprint density at radius 2 is 2.05 bits per heavy atom. The molecule has 20 heavy (non-hydrogen) atoms. The Bertz CT molecular complexity index is 692. The van der Waals surface area contributed by atoms with Crippen LogP contribution in [-0.2, 0) is 5.41 Å². The van der Waals surface area contributed by atoms with Gasteiger partial charge in [0, 0.05) is 11.1 Å². The molecule has 0 bridgehead atoms. The molecule has 0 saturated carbocycles. The van der Waals surface area contributed by atoms with Crippen molar-refractivity contribution in [2.24, 2.45) is 0 Å². The van der Waals surface area contributed by atoms with Gasteiger partial charge >= 0.3 is 6.01 Å². The number of carbonyl (C=O) groups excluding carboxylic acids is 1. The lowest BCUT2D eigenvalue weighted by Crippen LogP contribution is -2.23. The van der Waals surface area contributed by atoms with Gasteiger partial charge in [-0.1, -0.05) is 20.8 Å². The van der Waals surface area contributed by atoms with Gasteiger partial charge in [0.25, 0.3) is 11.5 Å². The molecule has 0 aliphatic rings. The average Bonchev–Trinajstić information content (AvgIpc) is 2.76. The molecule has 0 aliphatic heterocycles. The molecule has 0 unspecified atom stereocenters. The number of hydrogen-bond acceptors (Lipinski definition) is 4. The molecule has 0 fully saturated rings. The van der Waals surface area contributed by atoms with E-state index in [2.05, 4.69) is 15.3 Å². The molecule has 6 nitrogen and oxygen atoms in total. The van der Waals surface area contributed by atoms with E-state index in [9.17, 15) is 9.59 Å². The third-order valence-corrected chi connectivity index (χ3v) is 2.79. The zero-order valence-electron chi connectivity index (χ0n) is 11.9. The monoisotopic (exact) mass is 275 g/mol. The summed E-state index contributed by atoms with van der Waals surface area (Å²) in [7, 11) is 0. The zero-order chi connectivity index (χ0) is 14.9. The SMILES string of the molecule is Cc1ccc(C(=O)Nc2nc(C(C)(C)C)co2)c(=O)[nH]1. The van der Waals surface area contributed by atoms with Gasteiger partial charge in [-0.15, -0.1) is 0 Å². The number of aromatic nitrogens is 2. The maximum absolute atomic E-state index is 12.0. The number of carbonyl (C=O) groups is 1. The van der Waals surface area contributed by atoms with Gasteiger partial charge in [0.2, 0.25) is 0 Å². The van der Waals surface area contributed by atoms with Gasteiger partial charge in [-0.25, -0.2) is 0 Å². The number of oxazole rings is 1. The largest absolute Gasteiger partial charge is 0.432 e. The number of nitrogens with one attached hydrogen (secondary N) is 2. The van der Waals surface area contributed by atoms with Crippen LogP contribution in [0.4, 0.5) is 6.01 Å². The summed E-state index contributed by atoms with van der Waals surface area (Å²) in [4.78, 5) is 30.4. The number of nitrogens with zero attached hydrogens (tertiary/aromatic N) is 1. The van der Waals surface area contributed by atoms with Gasteiger partial charge in [-0.2, -0.15) is 4.98 Å². The normalized spacial score (nSPS) is 11.4. The molecule has 0 radical (unpaired) electrons. The Kier molecular flexibility index (Phi) is 3.48. The maximum Gasteiger partial charge on any atom is 0.301 e. The minimum Gasteiger partial charge on any atom is -0.432 e. The van der Waals surface area contributed by atoms with Crippen molar-refractivity contribution in [3.63, 3.8) is 0 Å². The highest BCUT2D eigenvalue weighted by molar-refractivity contribution is 6.02. The van der Waals surface area contributed by atoms with Crippen molar-refractivity contribution in [3.05, 3.63) is 45.7 Å². The molecular formula is C14H17N3O3. The lowest BCUT2D eigenvalue weighted by atomic mass is 9.93. The number of amides is 1. The first-order valence-corrected chi connectivity index (χ1v) is 6.24. The van der Waals surface area contributed by atoms with Gasteiger partial charge in [0.05, 0.1) is 5.69 Å². The summed E-state index contributed by atoms with van der Waals surface area (Å²) in [6.45, 7) is 7.70. The fourth-order valence-corrected chi connectivity index (χ4v) is 1.59. The van der Waals surface area contributed by atoms with E-state index in [1.165, 1.54) is 12.3 Å². The van der Waals surface area contributed by atoms with Gasteiger partial charge in [-0.05, 0) is 19.1 Å². The highest BCUT2D eigenvalue weighted by Gasteiger charge is 2.20. The standard InChI is InChI=1S/C14H17N3O3/c1-8-5-6-9(11(18)15-8)12(19)17-13-16-10(7-20-13)14(2,3)4/h5-7H,1-4H3,(H,15,18)(H,16,17,19). The molecule has 0 atom stereocenters. The third-order valence-electron chi connectivity index (χ3n) is 2.79. The lowest BCUT2D eigenvalue weighted by molar-refractivity contribution is 0.102. The third kappa shape index (κ3) is 2.96. The molecule has 2 heterocycles. The summed E-state index contributed by atoms with van der Waals surface area (Å²) < 4.78 is 5.19. The summed E-state index contributed by atoms with van der Waals surface area (Å²) in [5, 5.41) is 2.47. The van der Waals surface area contributed by atoms with Crippen molar-refractivity contribution in [3.8, 4) is 0 Å². The van der Waals surface area contributed by atoms with Gasteiger partial charge in [-0.3, -0.25) is 14.9 Å². The van der Waals surface area contributed by atoms with Crippen LogP contribution in [0.3, 0.4) is 0 Å². The molecule has 0 aromatic carbocycles. The number of aryl methyl sites for hydroxylation is 1. The number of hydrogen-bond donors (Lipinski definition) is 2. The Morgan fingerprint density at radius 1 is 1.35 bits per heavy atom. The molecule has 0 saturated heterocycles. The topological polar surface area (TPSA) is 88.0 Å². The Balaban J connectivity index is 2.20. The summed E-state index contributed by atoms with van der Waals surface area (Å²) in [6.07, 6.45) is 1.50. The molecule has 1 amide bonds. The van der Waals surface area contributed by atoms with E-state index in [0.29, 0.717) is 5.69 Å². The molecule has 0 spiro atoms. The smallest absolute Gasteiger partial charge is 0.301 e. The Hall–Kier alpha value is -2.37. The zero-order valence-corrected chi connectivity index (χ0v) is 11.9. The van der Waals surface area contributed by atoms with E-state index < -0.39 is 11.5 Å². The van der Waals surface area contributed by atoms with Crippen molar-refractivity contribution < 1.29 is 9.21 Å². The summed E-state index contributed by atoms with van der Waals surface area (Å²) >= 11 is 0. The molecule has 0 aliphatic carbocycles. The second-order valence-corrected chi connectivity index (χ2v) is 5.63. The van der Waals surface area contributed by atoms with Crippen LogP contribution in [0.25, 0.3) is 0 Å². The van der Waals surface area contributed by atoms with Crippen LogP contribution < -0.4 is 10.9 Å². The fraction of sp³-hybridized carbons (Fsp3) is 0.357. The average molecular weight is 275 g/mol. The first-order chi connectivity index (χ1) is 9.27. The van der Waals surface area contributed by atoms with E-state index in [1.54, 1.807) is 13.0 Å². The Morgan fingerprint density at radius 3 is 2.60 bits per heavy atom. The van der Waals surface area contributed by atoms with E-state index in [1.807, 2.05) is 20.8 Å². The van der Waals surface area contributed by atoms with Crippen LogP contribution >= 0.6 is 0 Å². The summed E-state index contributed by atoms with van der Waals surface area (Å²) in [5.74, 6) is -0.548. The molecule has 6 heteroatoms. The highest BCUT2D eigenvalue weighted by Crippen LogP contribution is 2.22. The van der Waals surface area contributed by atoms with Crippen molar-refractivity contribution in [2.45, 2.75) is 33.1 Å². The van der Waals surface area contributed by atoms with E-state index >= 15 is 0 Å². The number of H-pyrrole nitrogens is 1. The second kappa shape index (κ2) is 4.96. The van der Waals surface area contributed by atoms with Gasteiger partial charge in [0.1, 0.15) is 11.8 Å². The van der Waals surface area contributed by atoms with Crippen molar-refractivity contribution in [1.29, 1.82) is 0 Å². The number of aromatic amines is 1. The van der Waals surface area contributed by atoms with Crippen LogP contribution in [0.5, 0.6) is 0 Å². The van der Waals surface area contributed by atoms with Crippen molar-refractivity contribution in [1.82, 2.24) is 9.97 Å². The van der Waals surface area contributed by atoms with Crippen LogP contribution in [-0.4, -0.2) is 15.9 Å². The van der Waals surface area contributed by atoms with Crippen LogP contribution in [0.15, 0.2) is 27.6 Å². The molecule has 2 aromatic heterocycles. The molecular weight excluding hydrogens is 258 g/mol. The summed E-state index contributed by atoms with van der Waals surface area (Å²) in [5.41, 5.74) is 0.827.